The molecule has 0 aromatic carbocycles. The van der Waals surface area contributed by atoms with Gasteiger partial charge >= 0.3 is 0 Å². The number of aryl methyl sites for hydroxylation is 1. The summed E-state index contributed by atoms with van der Waals surface area (Å²) in [7, 11) is 0. The Kier molecular flexibility index (Phi) is 3.54. The minimum atomic E-state index is 0.134. The molecule has 3 heterocycles. The molecule has 0 saturated carbocycles. The van der Waals surface area contributed by atoms with Gasteiger partial charge in [0, 0.05) is 38.9 Å². The Balaban J connectivity index is 1.77. The molecule has 2 aliphatic heterocycles. The summed E-state index contributed by atoms with van der Waals surface area (Å²) in [5, 5.41) is 4.05. The number of amides is 1. The van der Waals surface area contributed by atoms with Gasteiger partial charge in [0.25, 0.3) is 5.91 Å². The molecular weight excluding hydrogens is 262 g/mol. The quantitative estimate of drug-likeness (QED) is 0.918. The predicted molar refractivity (Wildman–Crippen MR) is 75.5 cm³/mol. The van der Waals surface area contributed by atoms with Crippen LogP contribution in [0.3, 0.4) is 0 Å². The molecule has 104 valence electrons. The first-order valence-corrected chi connectivity index (χ1v) is 7.42. The SMILES string of the molecule is CCCn1cc(Cl)cc1C(=O)N1CC2CNCC2C1. The van der Waals surface area contributed by atoms with Crippen LogP contribution in [0, 0.1) is 11.8 Å². The van der Waals surface area contributed by atoms with Gasteiger partial charge < -0.3 is 14.8 Å². The van der Waals surface area contributed by atoms with Crippen LogP contribution in [0.15, 0.2) is 12.3 Å². The summed E-state index contributed by atoms with van der Waals surface area (Å²) in [5.74, 6) is 1.40. The van der Waals surface area contributed by atoms with Crippen LogP contribution >= 0.6 is 11.6 Å². The lowest BCUT2D eigenvalue weighted by Crippen LogP contribution is -2.33. The first kappa shape index (κ1) is 13.0. The minimum absolute atomic E-state index is 0.134. The Morgan fingerprint density at radius 2 is 2.11 bits per heavy atom. The lowest BCUT2D eigenvalue weighted by atomic mass is 10.0. The third-order valence-corrected chi connectivity index (χ3v) is 4.43. The number of fused-ring (bicyclic) bond motifs is 1. The molecule has 0 radical (unpaired) electrons. The first-order chi connectivity index (χ1) is 9.19. The van der Waals surface area contributed by atoms with Crippen LogP contribution in [-0.4, -0.2) is 41.6 Å². The number of carbonyl (C=O) groups is 1. The summed E-state index contributed by atoms with van der Waals surface area (Å²) < 4.78 is 1.98. The van der Waals surface area contributed by atoms with E-state index in [9.17, 15) is 4.79 Å². The molecule has 0 aliphatic carbocycles. The highest BCUT2D eigenvalue weighted by Crippen LogP contribution is 2.28. The maximum Gasteiger partial charge on any atom is 0.270 e. The molecule has 5 heteroatoms. The van der Waals surface area contributed by atoms with Crippen molar-refractivity contribution in [2.24, 2.45) is 11.8 Å². The molecule has 1 N–H and O–H groups in total. The Labute approximate surface area is 118 Å². The predicted octanol–water partition coefficient (Wildman–Crippen LogP) is 1.84. The lowest BCUT2D eigenvalue weighted by molar-refractivity contribution is 0.0771. The second-order valence-electron chi connectivity index (χ2n) is 5.63. The average Bonchev–Trinajstić information content (AvgIpc) is 3.02. The van der Waals surface area contributed by atoms with E-state index in [4.69, 9.17) is 11.6 Å². The summed E-state index contributed by atoms with van der Waals surface area (Å²) in [5.41, 5.74) is 0.736. The third kappa shape index (κ3) is 2.39. The van der Waals surface area contributed by atoms with Crippen molar-refractivity contribution >= 4 is 17.5 Å². The molecule has 1 aromatic rings. The molecule has 2 unspecified atom stereocenters. The number of hydrogen-bond acceptors (Lipinski definition) is 2. The fourth-order valence-corrected chi connectivity index (χ4v) is 3.48. The van der Waals surface area contributed by atoms with E-state index in [1.165, 1.54) is 0 Å². The van der Waals surface area contributed by atoms with Crippen LogP contribution in [0.4, 0.5) is 0 Å². The highest BCUT2D eigenvalue weighted by atomic mass is 35.5. The molecular formula is C14H20ClN3O. The van der Waals surface area contributed by atoms with Gasteiger partial charge in [-0.15, -0.1) is 0 Å². The summed E-state index contributed by atoms with van der Waals surface area (Å²) in [6.45, 7) is 6.80. The Hall–Kier alpha value is -1.00. The fourth-order valence-electron chi connectivity index (χ4n) is 3.26. The van der Waals surface area contributed by atoms with Gasteiger partial charge in [0.1, 0.15) is 5.69 Å². The molecule has 1 aromatic heterocycles. The second kappa shape index (κ2) is 5.17. The molecule has 3 rings (SSSR count). The smallest absolute Gasteiger partial charge is 0.270 e. The second-order valence-corrected chi connectivity index (χ2v) is 6.06. The fraction of sp³-hybridized carbons (Fsp3) is 0.643. The number of nitrogens with one attached hydrogen (secondary N) is 1. The van der Waals surface area contributed by atoms with Gasteiger partial charge in [-0.2, -0.15) is 0 Å². The van der Waals surface area contributed by atoms with Gasteiger partial charge in [-0.3, -0.25) is 4.79 Å². The number of aromatic nitrogens is 1. The monoisotopic (exact) mass is 281 g/mol. The summed E-state index contributed by atoms with van der Waals surface area (Å²) in [6, 6.07) is 1.80. The average molecular weight is 282 g/mol. The molecule has 2 atom stereocenters. The van der Waals surface area contributed by atoms with E-state index in [0.717, 1.165) is 44.8 Å². The van der Waals surface area contributed by atoms with Crippen LogP contribution in [0.25, 0.3) is 0 Å². The lowest BCUT2D eigenvalue weighted by Gasteiger charge is -2.18. The normalized spacial score (nSPS) is 25.9. The molecule has 4 nitrogen and oxygen atoms in total. The number of halogens is 1. The van der Waals surface area contributed by atoms with E-state index in [-0.39, 0.29) is 5.91 Å². The Morgan fingerprint density at radius 1 is 1.42 bits per heavy atom. The van der Waals surface area contributed by atoms with Gasteiger partial charge in [-0.05, 0) is 24.3 Å². The van der Waals surface area contributed by atoms with Crippen molar-refractivity contribution in [1.82, 2.24) is 14.8 Å². The third-order valence-electron chi connectivity index (χ3n) is 4.22. The van der Waals surface area contributed by atoms with Crippen molar-refractivity contribution < 1.29 is 4.79 Å². The Morgan fingerprint density at radius 3 is 2.74 bits per heavy atom. The topological polar surface area (TPSA) is 37.3 Å². The molecule has 2 aliphatic rings. The number of rotatable bonds is 3. The van der Waals surface area contributed by atoms with Crippen LogP contribution in [-0.2, 0) is 6.54 Å². The highest BCUT2D eigenvalue weighted by Gasteiger charge is 2.38. The van der Waals surface area contributed by atoms with Gasteiger partial charge in [-0.25, -0.2) is 0 Å². The molecule has 2 saturated heterocycles. The Bertz CT molecular complexity index is 473. The number of likely N-dealkylation sites (tertiary alicyclic amines) is 1. The van der Waals surface area contributed by atoms with Crippen LogP contribution in [0.5, 0.6) is 0 Å². The van der Waals surface area contributed by atoms with Gasteiger partial charge in [0.05, 0.1) is 5.02 Å². The summed E-state index contributed by atoms with van der Waals surface area (Å²) in [4.78, 5) is 14.6. The maximum atomic E-state index is 12.6. The zero-order chi connectivity index (χ0) is 13.4. The summed E-state index contributed by atoms with van der Waals surface area (Å²) in [6.07, 6.45) is 2.86. The standard InChI is InChI=1S/C14H20ClN3O/c1-2-3-17-9-12(15)4-13(17)14(19)18-7-10-5-16-6-11(10)8-18/h4,9-11,16H,2-3,5-8H2,1H3. The van der Waals surface area contributed by atoms with Crippen molar-refractivity contribution in [3.63, 3.8) is 0 Å². The van der Waals surface area contributed by atoms with Gasteiger partial charge in [0.15, 0.2) is 0 Å². The largest absolute Gasteiger partial charge is 0.342 e. The van der Waals surface area contributed by atoms with E-state index in [1.54, 1.807) is 6.07 Å². The van der Waals surface area contributed by atoms with E-state index < -0.39 is 0 Å². The molecule has 19 heavy (non-hydrogen) atoms. The maximum absolute atomic E-state index is 12.6. The number of nitrogens with zero attached hydrogens (tertiary/aromatic N) is 2. The molecule has 0 spiro atoms. The zero-order valence-corrected chi connectivity index (χ0v) is 12.0. The van der Waals surface area contributed by atoms with Gasteiger partial charge in [-0.1, -0.05) is 18.5 Å². The van der Waals surface area contributed by atoms with Crippen molar-refractivity contribution in [2.45, 2.75) is 19.9 Å². The minimum Gasteiger partial charge on any atom is -0.342 e. The summed E-state index contributed by atoms with van der Waals surface area (Å²) >= 11 is 6.05. The van der Waals surface area contributed by atoms with E-state index in [0.29, 0.717) is 16.9 Å². The number of hydrogen-bond donors (Lipinski definition) is 1. The molecule has 2 fully saturated rings. The van der Waals surface area contributed by atoms with Crippen LogP contribution in [0.1, 0.15) is 23.8 Å². The van der Waals surface area contributed by atoms with Crippen molar-refractivity contribution in [2.75, 3.05) is 26.2 Å². The van der Waals surface area contributed by atoms with Crippen molar-refractivity contribution in [3.8, 4) is 0 Å². The van der Waals surface area contributed by atoms with Crippen LogP contribution in [0.2, 0.25) is 5.02 Å². The van der Waals surface area contributed by atoms with Gasteiger partial charge in [0.2, 0.25) is 0 Å². The highest BCUT2D eigenvalue weighted by molar-refractivity contribution is 6.31. The first-order valence-electron chi connectivity index (χ1n) is 7.04. The van der Waals surface area contributed by atoms with Crippen LogP contribution < -0.4 is 5.32 Å². The van der Waals surface area contributed by atoms with E-state index >= 15 is 0 Å². The van der Waals surface area contributed by atoms with E-state index in [2.05, 4.69) is 12.2 Å². The molecule has 1 amide bonds. The zero-order valence-electron chi connectivity index (χ0n) is 11.2. The van der Waals surface area contributed by atoms with Crippen molar-refractivity contribution in [3.05, 3.63) is 23.0 Å². The molecule has 0 bridgehead atoms. The number of carbonyl (C=O) groups excluding carboxylic acids is 1. The van der Waals surface area contributed by atoms with E-state index in [1.807, 2.05) is 15.7 Å². The van der Waals surface area contributed by atoms with Crippen molar-refractivity contribution in [1.29, 1.82) is 0 Å².